The molecule has 0 aliphatic carbocycles. The second-order valence-electron chi connectivity index (χ2n) is 4.55. The predicted octanol–water partition coefficient (Wildman–Crippen LogP) is 3.31. The molecule has 0 aromatic heterocycles. The molecule has 0 fully saturated rings. The molecule has 3 N–H and O–H groups in total. The van der Waals surface area contributed by atoms with Gasteiger partial charge >= 0.3 is 0 Å². The van der Waals surface area contributed by atoms with Crippen molar-refractivity contribution in [3.05, 3.63) is 57.0 Å². The summed E-state index contributed by atoms with van der Waals surface area (Å²) in [7, 11) is -3.89. The number of carbonyl (C=O) groups excluding carboxylic acids is 1. The lowest BCUT2D eigenvalue weighted by atomic mass is 10.1. The van der Waals surface area contributed by atoms with Gasteiger partial charge < -0.3 is 5.32 Å². The van der Waals surface area contributed by atoms with Crippen LogP contribution in [0.2, 0.25) is 5.02 Å². The van der Waals surface area contributed by atoms with Gasteiger partial charge in [0.05, 0.1) is 10.5 Å². The van der Waals surface area contributed by atoms with E-state index < -0.39 is 15.9 Å². The lowest BCUT2D eigenvalue weighted by Crippen LogP contribution is -2.16. The van der Waals surface area contributed by atoms with E-state index in [9.17, 15) is 13.2 Å². The fourth-order valence-corrected chi connectivity index (χ4v) is 2.93. The Morgan fingerprint density at radius 2 is 1.95 bits per heavy atom. The molecule has 0 bridgehead atoms. The fraction of sp³-hybridized carbons (Fsp3) is 0.0714. The number of primary sulfonamides is 1. The Morgan fingerprint density at radius 1 is 1.27 bits per heavy atom. The van der Waals surface area contributed by atoms with Crippen molar-refractivity contribution >= 4 is 49.1 Å². The Morgan fingerprint density at radius 3 is 2.59 bits per heavy atom. The van der Waals surface area contributed by atoms with E-state index in [1.54, 1.807) is 25.1 Å². The predicted molar refractivity (Wildman–Crippen MR) is 89.7 cm³/mol. The third-order valence-corrected chi connectivity index (χ3v) is 5.04. The molecule has 0 heterocycles. The first-order valence-corrected chi connectivity index (χ1v) is 8.80. The molecule has 0 saturated carbocycles. The van der Waals surface area contributed by atoms with Crippen molar-refractivity contribution in [2.45, 2.75) is 11.8 Å². The number of rotatable bonds is 3. The topological polar surface area (TPSA) is 89.3 Å². The highest BCUT2D eigenvalue weighted by molar-refractivity contribution is 9.10. The first kappa shape index (κ1) is 17.0. The van der Waals surface area contributed by atoms with Crippen LogP contribution in [0.3, 0.4) is 0 Å². The molecule has 0 aliphatic rings. The Balaban J connectivity index is 2.40. The molecule has 2 rings (SSSR count). The van der Waals surface area contributed by atoms with Crippen molar-refractivity contribution in [2.24, 2.45) is 5.14 Å². The molecule has 2 aromatic carbocycles. The summed E-state index contributed by atoms with van der Waals surface area (Å²) in [5.74, 6) is -0.470. The van der Waals surface area contributed by atoms with Crippen LogP contribution in [0.5, 0.6) is 0 Å². The highest BCUT2D eigenvalue weighted by atomic mass is 79.9. The Hall–Kier alpha value is -1.41. The monoisotopic (exact) mass is 402 g/mol. The molecular weight excluding hydrogens is 392 g/mol. The van der Waals surface area contributed by atoms with Crippen LogP contribution in [0.4, 0.5) is 5.69 Å². The van der Waals surface area contributed by atoms with Gasteiger partial charge in [0.25, 0.3) is 5.91 Å². The highest BCUT2D eigenvalue weighted by Gasteiger charge is 2.16. The van der Waals surface area contributed by atoms with E-state index in [0.29, 0.717) is 15.2 Å². The molecule has 0 spiro atoms. The molecule has 116 valence electrons. The van der Waals surface area contributed by atoms with E-state index in [4.69, 9.17) is 16.7 Å². The number of nitrogens with two attached hydrogens (primary N) is 1. The summed E-state index contributed by atoms with van der Waals surface area (Å²) in [6.07, 6.45) is 0. The number of sulfonamides is 1. The summed E-state index contributed by atoms with van der Waals surface area (Å²) < 4.78 is 23.2. The molecular formula is C14H12BrClN2O3S. The average molecular weight is 404 g/mol. The molecule has 0 atom stereocenters. The molecule has 0 unspecified atom stereocenters. The van der Waals surface area contributed by atoms with Crippen LogP contribution in [0.1, 0.15) is 15.9 Å². The largest absolute Gasteiger partial charge is 0.322 e. The molecule has 22 heavy (non-hydrogen) atoms. The maximum atomic E-state index is 12.4. The zero-order chi connectivity index (χ0) is 16.5. The van der Waals surface area contributed by atoms with Crippen molar-refractivity contribution in [3.63, 3.8) is 0 Å². The van der Waals surface area contributed by atoms with Gasteiger partial charge in [-0.3, -0.25) is 4.79 Å². The normalized spacial score (nSPS) is 11.3. The summed E-state index contributed by atoms with van der Waals surface area (Å²) in [5, 5.41) is 8.30. The van der Waals surface area contributed by atoms with Gasteiger partial charge in [-0.05, 0) is 58.7 Å². The van der Waals surface area contributed by atoms with E-state index in [-0.39, 0.29) is 10.5 Å². The van der Waals surface area contributed by atoms with E-state index in [1.807, 2.05) is 0 Å². The van der Waals surface area contributed by atoms with Crippen molar-refractivity contribution in [3.8, 4) is 0 Å². The third-order valence-electron chi connectivity index (χ3n) is 3.03. The Bertz CT molecular complexity index is 853. The minimum Gasteiger partial charge on any atom is -0.322 e. The molecule has 2 aromatic rings. The van der Waals surface area contributed by atoms with Gasteiger partial charge in [-0.25, -0.2) is 13.6 Å². The second-order valence-corrected chi connectivity index (χ2v) is 7.38. The SMILES string of the molecule is Cc1c(Cl)cccc1NC(=O)c1cc(S(N)(=O)=O)ccc1Br. The third kappa shape index (κ3) is 3.67. The van der Waals surface area contributed by atoms with E-state index >= 15 is 0 Å². The van der Waals surface area contributed by atoms with Crippen molar-refractivity contribution < 1.29 is 13.2 Å². The number of halogens is 2. The number of hydrogen-bond donors (Lipinski definition) is 2. The van der Waals surface area contributed by atoms with Gasteiger partial charge in [0.1, 0.15) is 0 Å². The minimum absolute atomic E-state index is 0.135. The standard InChI is InChI=1S/C14H12BrClN2O3S/c1-8-12(16)3-2-4-13(8)18-14(19)10-7-9(22(17,20)21)5-6-11(10)15/h2-7H,1H3,(H,18,19)(H2,17,20,21). The van der Waals surface area contributed by atoms with Crippen molar-refractivity contribution in [1.29, 1.82) is 0 Å². The first-order valence-electron chi connectivity index (χ1n) is 6.09. The van der Waals surface area contributed by atoms with Gasteiger partial charge in [-0.15, -0.1) is 0 Å². The summed E-state index contributed by atoms with van der Waals surface area (Å²) in [6.45, 7) is 1.77. The van der Waals surface area contributed by atoms with Crippen LogP contribution in [0, 0.1) is 6.92 Å². The molecule has 1 amide bonds. The summed E-state index contributed by atoms with van der Waals surface area (Å²) >= 11 is 9.22. The van der Waals surface area contributed by atoms with Gasteiger partial charge in [0.2, 0.25) is 10.0 Å². The van der Waals surface area contributed by atoms with Crippen LogP contribution in [-0.2, 0) is 10.0 Å². The molecule has 0 aliphatic heterocycles. The minimum atomic E-state index is -3.89. The lowest BCUT2D eigenvalue weighted by Gasteiger charge is -2.11. The summed E-state index contributed by atoms with van der Waals surface area (Å²) in [4.78, 5) is 12.2. The number of hydrogen-bond acceptors (Lipinski definition) is 3. The lowest BCUT2D eigenvalue weighted by molar-refractivity contribution is 0.102. The van der Waals surface area contributed by atoms with Gasteiger partial charge in [-0.2, -0.15) is 0 Å². The van der Waals surface area contributed by atoms with Crippen LogP contribution >= 0.6 is 27.5 Å². The number of amides is 1. The van der Waals surface area contributed by atoms with Crippen LogP contribution in [-0.4, -0.2) is 14.3 Å². The van der Waals surface area contributed by atoms with Crippen molar-refractivity contribution in [1.82, 2.24) is 0 Å². The fourth-order valence-electron chi connectivity index (χ4n) is 1.79. The number of nitrogens with one attached hydrogen (secondary N) is 1. The Kier molecular flexibility index (Phi) is 4.91. The van der Waals surface area contributed by atoms with Gasteiger partial charge in [0.15, 0.2) is 0 Å². The van der Waals surface area contributed by atoms with E-state index in [1.165, 1.54) is 18.2 Å². The van der Waals surface area contributed by atoms with Gasteiger partial charge in [0, 0.05) is 15.2 Å². The van der Waals surface area contributed by atoms with E-state index in [0.717, 1.165) is 5.56 Å². The quantitative estimate of drug-likeness (QED) is 0.824. The number of benzene rings is 2. The summed E-state index contributed by atoms with van der Waals surface area (Å²) in [5.41, 5.74) is 1.42. The number of carbonyl (C=O) groups is 1. The smallest absolute Gasteiger partial charge is 0.256 e. The van der Waals surface area contributed by atoms with Crippen LogP contribution in [0.25, 0.3) is 0 Å². The highest BCUT2D eigenvalue weighted by Crippen LogP contribution is 2.25. The zero-order valence-electron chi connectivity index (χ0n) is 11.4. The van der Waals surface area contributed by atoms with Crippen LogP contribution < -0.4 is 10.5 Å². The molecule has 0 saturated heterocycles. The van der Waals surface area contributed by atoms with E-state index in [2.05, 4.69) is 21.2 Å². The Labute approximate surface area is 141 Å². The summed E-state index contributed by atoms with van der Waals surface area (Å²) in [6, 6.07) is 9.12. The van der Waals surface area contributed by atoms with Crippen molar-refractivity contribution in [2.75, 3.05) is 5.32 Å². The molecule has 0 radical (unpaired) electrons. The first-order chi connectivity index (χ1) is 10.2. The maximum absolute atomic E-state index is 12.4. The van der Waals surface area contributed by atoms with Crippen LogP contribution in [0.15, 0.2) is 45.8 Å². The van der Waals surface area contributed by atoms with Gasteiger partial charge in [-0.1, -0.05) is 17.7 Å². The maximum Gasteiger partial charge on any atom is 0.256 e. The number of anilines is 1. The zero-order valence-corrected chi connectivity index (χ0v) is 14.6. The second kappa shape index (κ2) is 6.37. The molecule has 5 nitrogen and oxygen atoms in total. The molecule has 8 heteroatoms. The average Bonchev–Trinajstić information content (AvgIpc) is 2.43.